The highest BCUT2D eigenvalue weighted by Gasteiger charge is 2.42. The minimum absolute atomic E-state index is 0.357. The van der Waals surface area contributed by atoms with Crippen molar-refractivity contribution in [2.45, 2.75) is 75.0 Å². The van der Waals surface area contributed by atoms with Crippen LogP contribution in [-0.4, -0.2) is 46.5 Å². The van der Waals surface area contributed by atoms with Crippen LogP contribution >= 0.6 is 0 Å². The van der Waals surface area contributed by atoms with Gasteiger partial charge in [0.05, 0.1) is 36.5 Å². The lowest BCUT2D eigenvalue weighted by atomic mass is 9.95. The summed E-state index contributed by atoms with van der Waals surface area (Å²) in [5, 5.41) is 7.05. The standard InChI is InChI=1S/C16H22N4O2/c1-3-13-11(5-9(1)21-13)19-15-7-16(18-8-17-15)20-12-6-10-2-4-14(12)22-10/h7-14H,1-6H2,(H2,17,18,19,20)/t9-,10-,11-,12-,13-,14-/m1/s1. The molecular weight excluding hydrogens is 280 g/mol. The number of hydrogen-bond acceptors (Lipinski definition) is 6. The summed E-state index contributed by atoms with van der Waals surface area (Å²) in [6.07, 6.45) is 10.2. The summed E-state index contributed by atoms with van der Waals surface area (Å²) < 4.78 is 11.8. The van der Waals surface area contributed by atoms with Gasteiger partial charge in [-0.15, -0.1) is 0 Å². The Kier molecular flexibility index (Phi) is 3.01. The zero-order valence-electron chi connectivity index (χ0n) is 12.6. The number of ether oxygens (including phenoxy) is 2. The molecule has 22 heavy (non-hydrogen) atoms. The summed E-state index contributed by atoms with van der Waals surface area (Å²) in [4.78, 5) is 8.72. The fourth-order valence-electron chi connectivity index (χ4n) is 4.47. The zero-order valence-corrected chi connectivity index (χ0v) is 12.6. The van der Waals surface area contributed by atoms with Crippen LogP contribution in [-0.2, 0) is 9.47 Å². The maximum absolute atomic E-state index is 5.89. The fourth-order valence-corrected chi connectivity index (χ4v) is 4.47. The normalized spacial score (nSPS) is 42.0. The van der Waals surface area contributed by atoms with Crippen molar-refractivity contribution < 1.29 is 9.47 Å². The molecule has 5 heterocycles. The van der Waals surface area contributed by atoms with Crippen molar-refractivity contribution in [3.63, 3.8) is 0 Å². The summed E-state index contributed by atoms with van der Waals surface area (Å²) >= 11 is 0. The number of aromatic nitrogens is 2. The van der Waals surface area contributed by atoms with Gasteiger partial charge in [-0.1, -0.05) is 0 Å². The number of nitrogens with one attached hydrogen (secondary N) is 2. The molecule has 0 aliphatic carbocycles. The Balaban J connectivity index is 1.25. The van der Waals surface area contributed by atoms with E-state index in [0.717, 1.165) is 24.5 Å². The lowest BCUT2D eigenvalue weighted by Gasteiger charge is -2.22. The Bertz CT molecular complexity index is 524. The molecular formula is C16H22N4O2. The zero-order chi connectivity index (χ0) is 14.5. The van der Waals surface area contributed by atoms with Crippen LogP contribution in [0.1, 0.15) is 38.5 Å². The summed E-state index contributed by atoms with van der Waals surface area (Å²) in [6.45, 7) is 0. The van der Waals surface area contributed by atoms with Crippen molar-refractivity contribution in [2.75, 3.05) is 10.6 Å². The van der Waals surface area contributed by atoms with Gasteiger partial charge in [0.25, 0.3) is 0 Å². The average Bonchev–Trinajstić information content (AvgIpc) is 3.28. The molecule has 6 atom stereocenters. The lowest BCUT2D eigenvalue weighted by Crippen LogP contribution is -2.32. The number of hydrogen-bond donors (Lipinski definition) is 2. The number of rotatable bonds is 4. The van der Waals surface area contributed by atoms with Gasteiger partial charge in [-0.3, -0.25) is 0 Å². The number of nitrogens with zero attached hydrogens (tertiary/aromatic N) is 2. The molecule has 0 unspecified atom stereocenters. The highest BCUT2D eigenvalue weighted by atomic mass is 16.5. The first-order chi connectivity index (χ1) is 10.8. The van der Waals surface area contributed by atoms with E-state index < -0.39 is 0 Å². The van der Waals surface area contributed by atoms with Crippen molar-refractivity contribution in [3.8, 4) is 0 Å². The predicted molar refractivity (Wildman–Crippen MR) is 81.9 cm³/mol. The molecule has 5 rings (SSSR count). The van der Waals surface area contributed by atoms with Gasteiger partial charge < -0.3 is 20.1 Å². The minimum atomic E-state index is 0.357. The van der Waals surface area contributed by atoms with Crippen LogP contribution in [0.5, 0.6) is 0 Å². The highest BCUT2D eigenvalue weighted by molar-refractivity contribution is 5.48. The van der Waals surface area contributed by atoms with E-state index in [9.17, 15) is 0 Å². The van der Waals surface area contributed by atoms with E-state index in [2.05, 4.69) is 20.6 Å². The van der Waals surface area contributed by atoms with Gasteiger partial charge in [-0.25, -0.2) is 9.97 Å². The summed E-state index contributed by atoms with van der Waals surface area (Å²) in [7, 11) is 0. The average molecular weight is 302 g/mol. The smallest absolute Gasteiger partial charge is 0.131 e. The van der Waals surface area contributed by atoms with Crippen molar-refractivity contribution in [1.82, 2.24) is 9.97 Å². The van der Waals surface area contributed by atoms with Crippen LogP contribution in [0.2, 0.25) is 0 Å². The molecule has 1 aromatic rings. The molecule has 4 saturated heterocycles. The number of anilines is 2. The molecule has 118 valence electrons. The van der Waals surface area contributed by atoms with E-state index in [1.165, 1.54) is 25.7 Å². The number of fused-ring (bicyclic) bond motifs is 4. The molecule has 4 bridgehead atoms. The summed E-state index contributed by atoms with van der Waals surface area (Å²) in [6, 6.07) is 2.80. The molecule has 4 aliphatic rings. The van der Waals surface area contributed by atoms with Gasteiger partial charge in [0.1, 0.15) is 18.0 Å². The molecule has 4 fully saturated rings. The highest BCUT2D eigenvalue weighted by Crippen LogP contribution is 2.37. The lowest BCUT2D eigenvalue weighted by molar-refractivity contribution is 0.102. The van der Waals surface area contributed by atoms with Gasteiger partial charge >= 0.3 is 0 Å². The van der Waals surface area contributed by atoms with Crippen molar-refractivity contribution >= 4 is 11.6 Å². The van der Waals surface area contributed by atoms with Gasteiger partial charge in [0, 0.05) is 6.07 Å². The minimum Gasteiger partial charge on any atom is -0.373 e. The van der Waals surface area contributed by atoms with Gasteiger partial charge in [0.15, 0.2) is 0 Å². The van der Waals surface area contributed by atoms with Crippen molar-refractivity contribution in [2.24, 2.45) is 0 Å². The Hall–Kier alpha value is -1.40. The Morgan fingerprint density at radius 1 is 0.818 bits per heavy atom. The molecule has 4 aliphatic heterocycles. The van der Waals surface area contributed by atoms with Crippen molar-refractivity contribution in [1.29, 1.82) is 0 Å². The van der Waals surface area contributed by atoms with E-state index in [1.807, 2.05) is 6.07 Å². The molecule has 1 aromatic heterocycles. The Morgan fingerprint density at radius 2 is 1.36 bits per heavy atom. The first-order valence-corrected chi connectivity index (χ1v) is 8.49. The maximum Gasteiger partial charge on any atom is 0.131 e. The quantitative estimate of drug-likeness (QED) is 0.886. The first kappa shape index (κ1) is 13.1. The van der Waals surface area contributed by atoms with Gasteiger partial charge in [-0.2, -0.15) is 0 Å². The fraction of sp³-hybridized carbons (Fsp3) is 0.750. The van der Waals surface area contributed by atoms with E-state index in [0.29, 0.717) is 36.5 Å². The van der Waals surface area contributed by atoms with E-state index >= 15 is 0 Å². The molecule has 6 nitrogen and oxygen atoms in total. The molecule has 0 saturated carbocycles. The SMILES string of the molecule is c1nc(N[C@@H]2C[C@H]3CC[C@H]2O3)cc(N[C@@H]2C[C@H]3CC[C@H]2O3)n1. The maximum atomic E-state index is 5.89. The van der Waals surface area contributed by atoms with Crippen LogP contribution < -0.4 is 10.6 Å². The molecule has 0 amide bonds. The van der Waals surface area contributed by atoms with Crippen LogP contribution in [0, 0.1) is 0 Å². The second kappa shape index (κ2) is 5.06. The van der Waals surface area contributed by atoms with Gasteiger partial charge in [0.2, 0.25) is 0 Å². The third-order valence-corrected chi connectivity index (χ3v) is 5.55. The van der Waals surface area contributed by atoms with Crippen LogP contribution in [0.15, 0.2) is 12.4 Å². The molecule has 0 spiro atoms. The Labute approximate surface area is 130 Å². The van der Waals surface area contributed by atoms with E-state index in [4.69, 9.17) is 9.47 Å². The molecule has 6 heteroatoms. The van der Waals surface area contributed by atoms with Gasteiger partial charge in [-0.05, 0) is 38.5 Å². The van der Waals surface area contributed by atoms with Crippen LogP contribution in [0.3, 0.4) is 0 Å². The molecule has 0 aromatic carbocycles. The van der Waals surface area contributed by atoms with Crippen molar-refractivity contribution in [3.05, 3.63) is 12.4 Å². The summed E-state index contributed by atoms with van der Waals surface area (Å²) in [5.74, 6) is 1.78. The second-order valence-electron chi connectivity index (χ2n) is 7.01. The topological polar surface area (TPSA) is 68.3 Å². The molecule has 0 radical (unpaired) electrons. The third-order valence-electron chi connectivity index (χ3n) is 5.55. The monoisotopic (exact) mass is 302 g/mol. The van der Waals surface area contributed by atoms with E-state index in [1.54, 1.807) is 6.33 Å². The van der Waals surface area contributed by atoms with Crippen LogP contribution in [0.4, 0.5) is 11.6 Å². The Morgan fingerprint density at radius 3 is 1.77 bits per heavy atom. The largest absolute Gasteiger partial charge is 0.373 e. The van der Waals surface area contributed by atoms with Crippen LogP contribution in [0.25, 0.3) is 0 Å². The summed E-state index contributed by atoms with van der Waals surface area (Å²) in [5.41, 5.74) is 0. The van der Waals surface area contributed by atoms with E-state index in [-0.39, 0.29) is 0 Å². The second-order valence-corrected chi connectivity index (χ2v) is 7.01. The predicted octanol–water partition coefficient (Wildman–Crippen LogP) is 1.94. The first-order valence-electron chi connectivity index (χ1n) is 8.49. The molecule has 2 N–H and O–H groups in total. The third kappa shape index (κ3) is 2.25.